The van der Waals surface area contributed by atoms with Crippen LogP contribution in [-0.2, 0) is 10.0 Å². The van der Waals surface area contributed by atoms with Gasteiger partial charge < -0.3 is 5.73 Å². The van der Waals surface area contributed by atoms with Crippen LogP contribution in [0.15, 0.2) is 10.3 Å². The van der Waals surface area contributed by atoms with Crippen molar-refractivity contribution in [2.75, 3.05) is 13.6 Å². The minimum Gasteiger partial charge on any atom is -0.330 e. The summed E-state index contributed by atoms with van der Waals surface area (Å²) in [6.45, 7) is 2.36. The van der Waals surface area contributed by atoms with Crippen LogP contribution in [0.4, 0.5) is 0 Å². The molecule has 1 aromatic rings. The van der Waals surface area contributed by atoms with E-state index >= 15 is 0 Å². The van der Waals surface area contributed by atoms with E-state index in [1.54, 1.807) is 13.1 Å². The number of rotatable bonds is 4. The summed E-state index contributed by atoms with van der Waals surface area (Å²) in [6.07, 6.45) is 4.09. The first kappa shape index (κ1) is 16.2. The van der Waals surface area contributed by atoms with Crippen molar-refractivity contribution in [2.45, 2.75) is 42.9 Å². The summed E-state index contributed by atoms with van der Waals surface area (Å²) in [7, 11) is -1.81. The SMILES string of the molecule is Cc1cc(S(=O)(=O)N(C)C2CCCCC2CN)sc1Cl. The lowest BCUT2D eigenvalue weighted by Gasteiger charge is -2.36. The Morgan fingerprint density at radius 2 is 2.10 bits per heavy atom. The maximum Gasteiger partial charge on any atom is 0.252 e. The van der Waals surface area contributed by atoms with Crippen molar-refractivity contribution in [3.63, 3.8) is 0 Å². The van der Waals surface area contributed by atoms with E-state index in [1.165, 1.54) is 4.31 Å². The predicted octanol–water partition coefficient (Wildman–Crippen LogP) is 2.85. The maximum atomic E-state index is 12.7. The van der Waals surface area contributed by atoms with E-state index in [9.17, 15) is 8.42 Å². The van der Waals surface area contributed by atoms with Gasteiger partial charge in [0.25, 0.3) is 10.0 Å². The standard InChI is InChI=1S/C13H21ClN2O2S2/c1-9-7-12(19-13(9)14)20(17,18)16(2)11-6-4-3-5-10(11)8-15/h7,10-11H,3-6,8,15H2,1-2H3. The molecule has 1 fully saturated rings. The van der Waals surface area contributed by atoms with Gasteiger partial charge in [-0.1, -0.05) is 24.4 Å². The van der Waals surface area contributed by atoms with Crippen molar-refractivity contribution in [3.05, 3.63) is 16.0 Å². The first-order valence-corrected chi connectivity index (χ1v) is 9.45. The van der Waals surface area contributed by atoms with Crippen molar-refractivity contribution in [1.29, 1.82) is 0 Å². The molecule has 2 unspecified atom stereocenters. The van der Waals surface area contributed by atoms with Gasteiger partial charge in [0.05, 0.1) is 4.34 Å². The van der Waals surface area contributed by atoms with Crippen LogP contribution in [0.5, 0.6) is 0 Å². The third-order valence-electron chi connectivity index (χ3n) is 4.11. The summed E-state index contributed by atoms with van der Waals surface area (Å²) in [5.74, 6) is 0.250. The van der Waals surface area contributed by atoms with Crippen LogP contribution in [0.2, 0.25) is 4.34 Å². The van der Waals surface area contributed by atoms with E-state index in [-0.39, 0.29) is 12.0 Å². The normalized spacial score (nSPS) is 24.2. The van der Waals surface area contributed by atoms with Gasteiger partial charge in [0.15, 0.2) is 0 Å². The fraction of sp³-hybridized carbons (Fsp3) is 0.692. The number of nitrogens with two attached hydrogens (primary N) is 1. The van der Waals surface area contributed by atoms with Crippen LogP contribution in [-0.4, -0.2) is 32.4 Å². The molecule has 7 heteroatoms. The Bertz CT molecular complexity index is 551. The van der Waals surface area contributed by atoms with Crippen LogP contribution in [0.25, 0.3) is 0 Å². The zero-order valence-electron chi connectivity index (χ0n) is 11.8. The summed E-state index contributed by atoms with van der Waals surface area (Å²) >= 11 is 7.12. The number of aryl methyl sites for hydroxylation is 1. The van der Waals surface area contributed by atoms with Crippen LogP contribution >= 0.6 is 22.9 Å². The molecule has 0 aromatic carbocycles. The number of nitrogens with zero attached hydrogens (tertiary/aromatic N) is 1. The van der Waals surface area contributed by atoms with Gasteiger partial charge in [-0.05, 0) is 43.9 Å². The second-order valence-electron chi connectivity index (χ2n) is 5.39. The van der Waals surface area contributed by atoms with Gasteiger partial charge in [-0.25, -0.2) is 8.42 Å². The molecule has 1 aliphatic rings. The van der Waals surface area contributed by atoms with Crippen molar-refractivity contribution in [3.8, 4) is 0 Å². The van der Waals surface area contributed by atoms with Gasteiger partial charge in [0, 0.05) is 13.1 Å². The lowest BCUT2D eigenvalue weighted by atomic mass is 9.85. The average molecular weight is 337 g/mol. The highest BCUT2D eigenvalue weighted by molar-refractivity contribution is 7.91. The highest BCUT2D eigenvalue weighted by Crippen LogP contribution is 2.35. The lowest BCUT2D eigenvalue weighted by molar-refractivity contribution is 0.204. The van der Waals surface area contributed by atoms with Crippen molar-refractivity contribution in [2.24, 2.45) is 11.7 Å². The molecule has 0 aliphatic heterocycles. The number of hydrogen-bond acceptors (Lipinski definition) is 4. The molecular formula is C13H21ClN2O2S2. The zero-order chi connectivity index (χ0) is 14.9. The van der Waals surface area contributed by atoms with E-state index < -0.39 is 10.0 Å². The predicted molar refractivity (Wildman–Crippen MR) is 83.8 cm³/mol. The third kappa shape index (κ3) is 3.04. The monoisotopic (exact) mass is 336 g/mol. The van der Waals surface area contributed by atoms with Gasteiger partial charge in [-0.15, -0.1) is 11.3 Å². The molecule has 0 saturated heterocycles. The molecule has 2 atom stereocenters. The fourth-order valence-electron chi connectivity index (χ4n) is 2.82. The largest absolute Gasteiger partial charge is 0.330 e. The quantitative estimate of drug-likeness (QED) is 0.919. The molecule has 0 bridgehead atoms. The maximum absolute atomic E-state index is 12.7. The summed E-state index contributed by atoms with van der Waals surface area (Å²) in [5, 5.41) is 0. The van der Waals surface area contributed by atoms with E-state index in [2.05, 4.69) is 0 Å². The Morgan fingerprint density at radius 1 is 1.45 bits per heavy atom. The first-order valence-electron chi connectivity index (χ1n) is 6.82. The summed E-state index contributed by atoms with van der Waals surface area (Å²) in [4.78, 5) is 0. The number of hydrogen-bond donors (Lipinski definition) is 1. The molecule has 1 aliphatic carbocycles. The molecule has 2 N–H and O–H groups in total. The lowest BCUT2D eigenvalue weighted by Crippen LogP contribution is -2.45. The summed E-state index contributed by atoms with van der Waals surface area (Å²) in [6, 6.07) is 1.65. The molecule has 114 valence electrons. The summed E-state index contributed by atoms with van der Waals surface area (Å²) in [5.41, 5.74) is 6.61. The Hall–Kier alpha value is -0.140. The Morgan fingerprint density at radius 3 is 2.65 bits per heavy atom. The topological polar surface area (TPSA) is 63.4 Å². The Labute approximate surface area is 130 Å². The molecule has 4 nitrogen and oxygen atoms in total. The van der Waals surface area contributed by atoms with Crippen LogP contribution < -0.4 is 5.73 Å². The fourth-order valence-corrected chi connectivity index (χ4v) is 6.16. The van der Waals surface area contributed by atoms with Crippen LogP contribution in [0, 0.1) is 12.8 Å². The van der Waals surface area contributed by atoms with Gasteiger partial charge in [-0.2, -0.15) is 4.31 Å². The van der Waals surface area contributed by atoms with Crippen LogP contribution in [0.1, 0.15) is 31.2 Å². The highest BCUT2D eigenvalue weighted by atomic mass is 35.5. The Kier molecular flexibility index (Phi) is 5.13. The number of halogens is 1. The summed E-state index contributed by atoms with van der Waals surface area (Å²) < 4.78 is 27.8. The molecule has 1 saturated carbocycles. The first-order chi connectivity index (χ1) is 9.37. The molecular weight excluding hydrogens is 316 g/mol. The molecule has 0 spiro atoms. The van der Waals surface area contributed by atoms with Crippen LogP contribution in [0.3, 0.4) is 0 Å². The smallest absolute Gasteiger partial charge is 0.252 e. The average Bonchev–Trinajstić information content (AvgIpc) is 2.78. The molecule has 1 aromatic heterocycles. The molecule has 2 rings (SSSR count). The van der Waals surface area contributed by atoms with Gasteiger partial charge in [0.1, 0.15) is 4.21 Å². The van der Waals surface area contributed by atoms with E-state index in [4.69, 9.17) is 17.3 Å². The second kappa shape index (κ2) is 6.32. The van der Waals surface area contributed by atoms with E-state index in [1.807, 2.05) is 6.92 Å². The van der Waals surface area contributed by atoms with Crippen molar-refractivity contribution < 1.29 is 8.42 Å². The second-order valence-corrected chi connectivity index (χ2v) is 9.27. The van der Waals surface area contributed by atoms with Gasteiger partial charge in [0.2, 0.25) is 0 Å². The number of thiophene rings is 1. The molecule has 0 radical (unpaired) electrons. The van der Waals surface area contributed by atoms with E-state index in [0.29, 0.717) is 15.1 Å². The third-order valence-corrected chi connectivity index (χ3v) is 7.99. The minimum atomic E-state index is -3.47. The minimum absolute atomic E-state index is 0.0000633. The Balaban J connectivity index is 2.28. The van der Waals surface area contributed by atoms with Crippen molar-refractivity contribution >= 4 is 33.0 Å². The highest BCUT2D eigenvalue weighted by Gasteiger charge is 2.35. The van der Waals surface area contributed by atoms with Gasteiger partial charge >= 0.3 is 0 Å². The molecule has 0 amide bonds. The van der Waals surface area contributed by atoms with Gasteiger partial charge in [-0.3, -0.25) is 0 Å². The molecule has 20 heavy (non-hydrogen) atoms. The van der Waals surface area contributed by atoms with E-state index in [0.717, 1.165) is 42.6 Å². The van der Waals surface area contributed by atoms with Crippen molar-refractivity contribution in [1.82, 2.24) is 4.31 Å². The molecule has 1 heterocycles. The zero-order valence-corrected chi connectivity index (χ0v) is 14.2. The number of sulfonamides is 1.